The first-order chi connectivity index (χ1) is 9.29. The van der Waals surface area contributed by atoms with E-state index < -0.39 is 6.61 Å². The zero-order chi connectivity index (χ0) is 13.2. The summed E-state index contributed by atoms with van der Waals surface area (Å²) in [6.45, 7) is 0.986. The highest BCUT2D eigenvalue weighted by Gasteiger charge is 2.24. The monoisotopic (exact) mass is 259 g/mol. The number of hydrogen-bond acceptors (Lipinski definition) is 3. The molecule has 1 amide bonds. The van der Waals surface area contributed by atoms with E-state index in [9.17, 15) is 4.79 Å². The van der Waals surface area contributed by atoms with Crippen LogP contribution >= 0.6 is 0 Å². The van der Waals surface area contributed by atoms with Crippen molar-refractivity contribution in [2.75, 3.05) is 19.7 Å². The molecular weight excluding hydrogens is 242 g/mol. The van der Waals surface area contributed by atoms with Gasteiger partial charge in [0.2, 0.25) is 5.91 Å². The quantitative estimate of drug-likeness (QED) is 0.881. The van der Waals surface area contributed by atoms with Crippen LogP contribution in [0.4, 0.5) is 0 Å². The van der Waals surface area contributed by atoms with Crippen LogP contribution in [0.3, 0.4) is 0 Å². The van der Waals surface area contributed by atoms with Gasteiger partial charge in [0.1, 0.15) is 6.61 Å². The van der Waals surface area contributed by atoms with Gasteiger partial charge in [-0.05, 0) is 25.0 Å². The Bertz CT molecular complexity index is 593. The van der Waals surface area contributed by atoms with Crippen LogP contribution in [0.25, 0.3) is 11.0 Å². The van der Waals surface area contributed by atoms with Crippen LogP contribution in [-0.2, 0) is 4.79 Å². The number of imidazole rings is 1. The summed E-state index contributed by atoms with van der Waals surface area (Å²) in [6, 6.07) is 8.26. The molecule has 5 nitrogen and oxygen atoms in total. The second-order valence-corrected chi connectivity index (χ2v) is 4.93. The number of carbonyl (C=O) groups is 1. The maximum absolute atomic E-state index is 11.6. The molecule has 5 heteroatoms. The molecule has 1 aromatic carbocycles. The molecule has 0 saturated carbocycles. The van der Waals surface area contributed by atoms with Gasteiger partial charge in [0.05, 0.1) is 23.4 Å². The van der Waals surface area contributed by atoms with E-state index in [0.717, 1.165) is 30.4 Å². The first-order valence-electron chi connectivity index (χ1n) is 6.60. The number of para-hydroxylation sites is 2. The van der Waals surface area contributed by atoms with Crippen LogP contribution in [0.1, 0.15) is 18.9 Å². The molecule has 0 bridgehead atoms. The van der Waals surface area contributed by atoms with Gasteiger partial charge in [0.25, 0.3) is 0 Å². The number of benzene rings is 1. The lowest BCUT2D eigenvalue weighted by Crippen LogP contribution is -2.41. The number of likely N-dealkylation sites (tertiary alicyclic amines) is 1. The van der Waals surface area contributed by atoms with Gasteiger partial charge in [-0.1, -0.05) is 12.1 Å². The molecule has 19 heavy (non-hydrogen) atoms. The summed E-state index contributed by atoms with van der Waals surface area (Å²) in [5.74, 6) is -0.186. The topological polar surface area (TPSA) is 58.4 Å². The van der Waals surface area contributed by atoms with Crippen molar-refractivity contribution in [1.29, 1.82) is 0 Å². The van der Waals surface area contributed by atoms with Crippen LogP contribution in [0.2, 0.25) is 0 Å². The van der Waals surface area contributed by atoms with E-state index in [4.69, 9.17) is 5.11 Å². The lowest BCUT2D eigenvalue weighted by atomic mass is 10.1. The van der Waals surface area contributed by atoms with Gasteiger partial charge in [0, 0.05) is 13.1 Å². The van der Waals surface area contributed by atoms with E-state index >= 15 is 0 Å². The predicted molar refractivity (Wildman–Crippen MR) is 71.7 cm³/mol. The van der Waals surface area contributed by atoms with E-state index in [1.165, 1.54) is 0 Å². The largest absolute Gasteiger partial charge is 0.387 e. The highest BCUT2D eigenvalue weighted by atomic mass is 16.3. The average molecular weight is 259 g/mol. The lowest BCUT2D eigenvalue weighted by Gasteiger charge is -2.33. The fraction of sp³-hybridized carbons (Fsp3) is 0.429. The molecule has 3 rings (SSSR count). The van der Waals surface area contributed by atoms with E-state index in [0.29, 0.717) is 6.54 Å². The molecule has 0 spiro atoms. The van der Waals surface area contributed by atoms with Crippen LogP contribution < -0.4 is 0 Å². The maximum Gasteiger partial charge on any atom is 0.248 e. The van der Waals surface area contributed by atoms with E-state index in [1.807, 2.05) is 24.5 Å². The number of nitrogens with zero attached hydrogens (tertiary/aromatic N) is 3. The standard InChI is InChI=1S/C14H17N3O2/c18-9-14(19)16-7-3-4-11(8-16)17-10-15-12-5-1-2-6-13(12)17/h1-2,5-6,10-11,18H,3-4,7-9H2. The summed E-state index contributed by atoms with van der Waals surface area (Å²) >= 11 is 0. The lowest BCUT2D eigenvalue weighted by molar-refractivity contribution is -0.135. The first-order valence-corrected chi connectivity index (χ1v) is 6.60. The van der Waals surface area contributed by atoms with Crippen molar-refractivity contribution in [1.82, 2.24) is 14.5 Å². The summed E-state index contributed by atoms with van der Waals surface area (Å²) in [5.41, 5.74) is 2.08. The molecule has 1 unspecified atom stereocenters. The maximum atomic E-state index is 11.6. The number of aliphatic hydroxyl groups is 1. The molecule has 1 aliphatic heterocycles. The van der Waals surface area contributed by atoms with Crippen molar-refractivity contribution in [2.45, 2.75) is 18.9 Å². The van der Waals surface area contributed by atoms with Crippen LogP contribution in [-0.4, -0.2) is 45.2 Å². The van der Waals surface area contributed by atoms with Gasteiger partial charge in [-0.3, -0.25) is 4.79 Å². The van der Waals surface area contributed by atoms with Gasteiger partial charge < -0.3 is 14.6 Å². The van der Waals surface area contributed by atoms with Gasteiger partial charge >= 0.3 is 0 Å². The van der Waals surface area contributed by atoms with Gasteiger partial charge in [-0.25, -0.2) is 4.98 Å². The molecule has 0 radical (unpaired) electrons. The van der Waals surface area contributed by atoms with Crippen molar-refractivity contribution in [3.63, 3.8) is 0 Å². The summed E-state index contributed by atoms with van der Waals surface area (Å²) in [4.78, 5) is 17.7. The van der Waals surface area contributed by atoms with Crippen molar-refractivity contribution in [3.8, 4) is 0 Å². The summed E-state index contributed by atoms with van der Waals surface area (Å²) < 4.78 is 2.14. The van der Waals surface area contributed by atoms with Crippen LogP contribution in [0.5, 0.6) is 0 Å². The highest BCUT2D eigenvalue weighted by molar-refractivity contribution is 5.77. The number of fused-ring (bicyclic) bond motifs is 1. The number of piperidine rings is 1. The Morgan fingerprint density at radius 3 is 3.11 bits per heavy atom. The Hall–Kier alpha value is -1.88. The number of aromatic nitrogens is 2. The number of hydrogen-bond donors (Lipinski definition) is 1. The molecular formula is C14H17N3O2. The second-order valence-electron chi connectivity index (χ2n) is 4.93. The SMILES string of the molecule is O=C(CO)N1CCCC(n2cnc3ccccc32)C1. The second kappa shape index (κ2) is 5.01. The van der Waals surface area contributed by atoms with Crippen LogP contribution in [0, 0.1) is 0 Å². The third-order valence-corrected chi connectivity index (χ3v) is 3.76. The Labute approximate surface area is 111 Å². The number of rotatable bonds is 2. The number of carbonyl (C=O) groups excluding carboxylic acids is 1. The van der Waals surface area contributed by atoms with Crippen molar-refractivity contribution < 1.29 is 9.90 Å². The summed E-state index contributed by atoms with van der Waals surface area (Å²) in [7, 11) is 0. The average Bonchev–Trinajstić information content (AvgIpc) is 2.90. The fourth-order valence-electron chi connectivity index (χ4n) is 2.78. The molecule has 0 aliphatic carbocycles. The minimum absolute atomic E-state index is 0.186. The Balaban J connectivity index is 1.87. The first kappa shape index (κ1) is 12.2. The highest BCUT2D eigenvalue weighted by Crippen LogP contribution is 2.25. The summed E-state index contributed by atoms with van der Waals surface area (Å²) in [6.07, 6.45) is 3.85. The molecule has 1 saturated heterocycles. The predicted octanol–water partition coefficient (Wildman–Crippen LogP) is 1.19. The number of aliphatic hydroxyl groups excluding tert-OH is 1. The molecule has 1 aliphatic rings. The van der Waals surface area contributed by atoms with Gasteiger partial charge in [0.15, 0.2) is 0 Å². The molecule has 2 heterocycles. The van der Waals surface area contributed by atoms with E-state index in [2.05, 4.69) is 15.6 Å². The minimum atomic E-state index is -0.405. The van der Waals surface area contributed by atoms with E-state index in [1.54, 1.807) is 4.90 Å². The third kappa shape index (κ3) is 2.21. The number of amides is 1. The molecule has 1 N–H and O–H groups in total. The molecule has 2 aromatic rings. The van der Waals surface area contributed by atoms with Crippen molar-refractivity contribution in [2.24, 2.45) is 0 Å². The summed E-state index contributed by atoms with van der Waals surface area (Å²) in [5, 5.41) is 8.97. The van der Waals surface area contributed by atoms with Gasteiger partial charge in [-0.2, -0.15) is 0 Å². The van der Waals surface area contributed by atoms with Crippen LogP contribution in [0.15, 0.2) is 30.6 Å². The minimum Gasteiger partial charge on any atom is -0.387 e. The fourth-order valence-corrected chi connectivity index (χ4v) is 2.78. The molecule has 1 atom stereocenters. The zero-order valence-electron chi connectivity index (χ0n) is 10.7. The van der Waals surface area contributed by atoms with Gasteiger partial charge in [-0.15, -0.1) is 0 Å². The van der Waals surface area contributed by atoms with E-state index in [-0.39, 0.29) is 11.9 Å². The molecule has 1 aromatic heterocycles. The third-order valence-electron chi connectivity index (χ3n) is 3.76. The zero-order valence-corrected chi connectivity index (χ0v) is 10.7. The van der Waals surface area contributed by atoms with Crippen molar-refractivity contribution >= 4 is 16.9 Å². The molecule has 1 fully saturated rings. The molecule has 100 valence electrons. The Morgan fingerprint density at radius 2 is 2.26 bits per heavy atom. The van der Waals surface area contributed by atoms with Crippen molar-refractivity contribution in [3.05, 3.63) is 30.6 Å². The Morgan fingerprint density at radius 1 is 1.42 bits per heavy atom. The Kier molecular flexibility index (Phi) is 3.21. The normalized spacial score (nSPS) is 19.8. The smallest absolute Gasteiger partial charge is 0.248 e.